The Hall–Kier alpha value is -1.27. The Morgan fingerprint density at radius 1 is 1.35 bits per heavy atom. The van der Waals surface area contributed by atoms with Gasteiger partial charge in [-0.15, -0.1) is 0 Å². The maximum absolute atomic E-state index is 12.6. The highest BCUT2D eigenvalue weighted by molar-refractivity contribution is 5.37. The molecule has 2 rings (SSSR count). The molecule has 6 heteroatoms. The first-order valence-electron chi connectivity index (χ1n) is 5.15. The molecule has 0 unspecified atom stereocenters. The van der Waals surface area contributed by atoms with Gasteiger partial charge in [0.2, 0.25) is 0 Å². The van der Waals surface area contributed by atoms with Crippen LogP contribution in [0.5, 0.6) is 5.75 Å². The maximum Gasteiger partial charge on any atom is 0.416 e. The quantitative estimate of drug-likeness (QED) is 0.887. The van der Waals surface area contributed by atoms with Gasteiger partial charge in [0.25, 0.3) is 0 Å². The summed E-state index contributed by atoms with van der Waals surface area (Å²) in [7, 11) is 0. The van der Waals surface area contributed by atoms with Crippen LogP contribution in [0.1, 0.15) is 11.1 Å². The van der Waals surface area contributed by atoms with E-state index in [1.54, 1.807) is 0 Å². The van der Waals surface area contributed by atoms with Crippen LogP contribution in [0.4, 0.5) is 13.2 Å². The molecule has 1 aliphatic heterocycles. The number of ether oxygens (including phenoxy) is 2. The number of hydrogen-bond donors (Lipinski definition) is 1. The largest absolute Gasteiger partial charge is 0.486 e. The van der Waals surface area contributed by atoms with Crippen molar-refractivity contribution in [3.05, 3.63) is 29.3 Å². The van der Waals surface area contributed by atoms with E-state index in [-0.39, 0.29) is 18.2 Å². The van der Waals surface area contributed by atoms with Crippen LogP contribution >= 0.6 is 0 Å². The van der Waals surface area contributed by atoms with Crippen molar-refractivity contribution in [2.45, 2.75) is 18.8 Å². The SMILES string of the molecule is NCc1cc(OC2COC2)ccc1C(F)(F)F. The van der Waals surface area contributed by atoms with Gasteiger partial charge >= 0.3 is 6.18 Å². The molecule has 3 nitrogen and oxygen atoms in total. The van der Waals surface area contributed by atoms with Gasteiger partial charge in [-0.3, -0.25) is 0 Å². The van der Waals surface area contributed by atoms with Gasteiger partial charge < -0.3 is 15.2 Å². The van der Waals surface area contributed by atoms with Crippen LogP contribution < -0.4 is 10.5 Å². The van der Waals surface area contributed by atoms with Crippen molar-refractivity contribution in [2.75, 3.05) is 13.2 Å². The van der Waals surface area contributed by atoms with Crippen LogP contribution in [0.25, 0.3) is 0 Å². The van der Waals surface area contributed by atoms with Crippen molar-refractivity contribution in [3.8, 4) is 5.75 Å². The van der Waals surface area contributed by atoms with Crippen molar-refractivity contribution >= 4 is 0 Å². The zero-order chi connectivity index (χ0) is 12.5. The summed E-state index contributed by atoms with van der Waals surface area (Å²) in [6.45, 7) is 0.769. The normalized spacial score (nSPS) is 16.7. The molecule has 94 valence electrons. The zero-order valence-electron chi connectivity index (χ0n) is 8.96. The number of hydrogen-bond acceptors (Lipinski definition) is 3. The number of benzene rings is 1. The van der Waals surface area contributed by atoms with E-state index in [0.29, 0.717) is 19.0 Å². The second-order valence-corrected chi connectivity index (χ2v) is 3.80. The van der Waals surface area contributed by atoms with E-state index in [0.717, 1.165) is 6.07 Å². The van der Waals surface area contributed by atoms with Crippen LogP contribution in [-0.2, 0) is 17.5 Å². The van der Waals surface area contributed by atoms with E-state index in [4.69, 9.17) is 15.2 Å². The molecule has 17 heavy (non-hydrogen) atoms. The summed E-state index contributed by atoms with van der Waals surface area (Å²) in [5.41, 5.74) is 4.64. The zero-order valence-corrected chi connectivity index (χ0v) is 8.96. The fourth-order valence-electron chi connectivity index (χ4n) is 1.56. The summed E-state index contributed by atoms with van der Waals surface area (Å²) in [6, 6.07) is 3.64. The Bertz CT molecular complexity index is 402. The molecule has 0 radical (unpaired) electrons. The van der Waals surface area contributed by atoms with Gasteiger partial charge in [-0.1, -0.05) is 0 Å². The summed E-state index contributed by atoms with van der Waals surface area (Å²) in [4.78, 5) is 0. The Kier molecular flexibility index (Phi) is 3.26. The number of halogens is 3. The first kappa shape index (κ1) is 12.2. The van der Waals surface area contributed by atoms with Crippen LogP contribution in [0, 0.1) is 0 Å². The highest BCUT2D eigenvalue weighted by Crippen LogP contribution is 2.34. The molecule has 1 saturated heterocycles. The fraction of sp³-hybridized carbons (Fsp3) is 0.455. The molecular weight excluding hydrogens is 235 g/mol. The molecule has 0 saturated carbocycles. The van der Waals surface area contributed by atoms with Crippen molar-refractivity contribution in [1.82, 2.24) is 0 Å². The molecule has 0 bridgehead atoms. The topological polar surface area (TPSA) is 44.5 Å². The molecule has 1 aromatic rings. The third kappa shape index (κ3) is 2.70. The van der Waals surface area contributed by atoms with Crippen molar-refractivity contribution < 1.29 is 22.6 Å². The lowest BCUT2D eigenvalue weighted by molar-refractivity contribution is -0.138. The second-order valence-electron chi connectivity index (χ2n) is 3.80. The van der Waals surface area contributed by atoms with Gasteiger partial charge in [0.15, 0.2) is 0 Å². The number of nitrogens with two attached hydrogens (primary N) is 1. The molecule has 1 aliphatic rings. The minimum Gasteiger partial charge on any atom is -0.486 e. The fourth-order valence-corrected chi connectivity index (χ4v) is 1.56. The average molecular weight is 247 g/mol. The van der Waals surface area contributed by atoms with E-state index in [2.05, 4.69) is 0 Å². The Morgan fingerprint density at radius 2 is 2.06 bits per heavy atom. The van der Waals surface area contributed by atoms with E-state index in [1.807, 2.05) is 0 Å². The molecule has 1 aromatic carbocycles. The van der Waals surface area contributed by atoms with Gasteiger partial charge in [-0.05, 0) is 23.8 Å². The van der Waals surface area contributed by atoms with Gasteiger partial charge in [0.05, 0.1) is 18.8 Å². The third-order valence-corrected chi connectivity index (χ3v) is 2.51. The Morgan fingerprint density at radius 3 is 2.53 bits per heavy atom. The minimum absolute atomic E-state index is 0.0373. The van der Waals surface area contributed by atoms with E-state index < -0.39 is 11.7 Å². The van der Waals surface area contributed by atoms with Gasteiger partial charge in [0, 0.05) is 6.54 Å². The highest BCUT2D eigenvalue weighted by Gasteiger charge is 2.33. The lowest BCUT2D eigenvalue weighted by Crippen LogP contribution is -2.38. The van der Waals surface area contributed by atoms with E-state index in [1.165, 1.54) is 12.1 Å². The Labute approximate surface area is 96.3 Å². The molecule has 0 atom stereocenters. The smallest absolute Gasteiger partial charge is 0.416 e. The minimum atomic E-state index is -4.38. The summed E-state index contributed by atoms with van der Waals surface area (Å²) >= 11 is 0. The van der Waals surface area contributed by atoms with Crippen molar-refractivity contribution in [1.29, 1.82) is 0 Å². The summed E-state index contributed by atoms with van der Waals surface area (Å²) < 4.78 is 48.1. The van der Waals surface area contributed by atoms with Crippen LogP contribution in [0.2, 0.25) is 0 Å². The lowest BCUT2D eigenvalue weighted by atomic mass is 10.1. The summed E-state index contributed by atoms with van der Waals surface area (Å²) in [6.07, 6.45) is -4.45. The number of rotatable bonds is 3. The predicted molar refractivity (Wildman–Crippen MR) is 54.6 cm³/mol. The molecule has 1 fully saturated rings. The molecule has 0 spiro atoms. The van der Waals surface area contributed by atoms with Crippen LogP contribution in [0.15, 0.2) is 18.2 Å². The maximum atomic E-state index is 12.6. The van der Waals surface area contributed by atoms with E-state index in [9.17, 15) is 13.2 Å². The highest BCUT2D eigenvalue weighted by atomic mass is 19.4. The van der Waals surface area contributed by atoms with Gasteiger partial charge in [-0.2, -0.15) is 13.2 Å². The molecular formula is C11H12F3NO2. The first-order valence-corrected chi connectivity index (χ1v) is 5.15. The molecule has 1 heterocycles. The second kappa shape index (κ2) is 4.54. The van der Waals surface area contributed by atoms with Gasteiger partial charge in [-0.25, -0.2) is 0 Å². The Balaban J connectivity index is 2.20. The summed E-state index contributed by atoms with van der Waals surface area (Å²) in [5.74, 6) is 0.395. The van der Waals surface area contributed by atoms with Crippen LogP contribution in [0.3, 0.4) is 0 Å². The van der Waals surface area contributed by atoms with Crippen molar-refractivity contribution in [2.24, 2.45) is 5.73 Å². The molecule has 0 amide bonds. The third-order valence-electron chi connectivity index (χ3n) is 2.51. The van der Waals surface area contributed by atoms with Gasteiger partial charge in [0.1, 0.15) is 11.9 Å². The van der Waals surface area contributed by atoms with Crippen LogP contribution in [-0.4, -0.2) is 19.3 Å². The average Bonchev–Trinajstić information content (AvgIpc) is 2.21. The standard InChI is InChI=1S/C11H12F3NO2/c12-11(13,14)10-2-1-8(3-7(10)4-15)17-9-5-16-6-9/h1-3,9H,4-6,15H2. The lowest BCUT2D eigenvalue weighted by Gasteiger charge is -2.27. The molecule has 2 N–H and O–H groups in total. The molecule has 0 aliphatic carbocycles. The summed E-state index contributed by atoms with van der Waals surface area (Å²) in [5, 5.41) is 0. The first-order chi connectivity index (χ1) is 8.00. The predicted octanol–water partition coefficient (Wildman–Crippen LogP) is 1.94. The van der Waals surface area contributed by atoms with Crippen molar-refractivity contribution in [3.63, 3.8) is 0 Å². The monoisotopic (exact) mass is 247 g/mol. The van der Waals surface area contributed by atoms with E-state index >= 15 is 0 Å². The number of alkyl halides is 3. The molecule has 0 aromatic heterocycles.